The number of likely N-dealkylation sites (tertiary alicyclic amines) is 1. The molecule has 0 radical (unpaired) electrons. The van der Waals surface area contributed by atoms with Crippen LogP contribution in [0.5, 0.6) is 0 Å². The van der Waals surface area contributed by atoms with E-state index < -0.39 is 0 Å². The van der Waals surface area contributed by atoms with E-state index in [-0.39, 0.29) is 0 Å². The highest BCUT2D eigenvalue weighted by Crippen LogP contribution is 2.20. The second kappa shape index (κ2) is 10.8. The van der Waals surface area contributed by atoms with Gasteiger partial charge in [0.05, 0.1) is 13.2 Å². The summed E-state index contributed by atoms with van der Waals surface area (Å²) in [4.78, 5) is 9.52. The molecule has 0 aliphatic carbocycles. The molecule has 2 heterocycles. The van der Waals surface area contributed by atoms with Gasteiger partial charge in [-0.1, -0.05) is 54.6 Å². The number of nitrogens with one attached hydrogen (secondary N) is 1. The Labute approximate surface area is 187 Å². The van der Waals surface area contributed by atoms with Crippen molar-refractivity contribution in [1.82, 2.24) is 15.1 Å². The lowest BCUT2D eigenvalue weighted by molar-refractivity contribution is 0.0906. The van der Waals surface area contributed by atoms with E-state index >= 15 is 0 Å². The van der Waals surface area contributed by atoms with Crippen molar-refractivity contribution in [3.8, 4) is 0 Å². The van der Waals surface area contributed by atoms with Crippen LogP contribution in [0.4, 0.5) is 0 Å². The van der Waals surface area contributed by atoms with Crippen molar-refractivity contribution in [2.75, 3.05) is 39.8 Å². The molecule has 0 saturated carbocycles. The summed E-state index contributed by atoms with van der Waals surface area (Å²) in [6.07, 6.45) is 2.31. The zero-order valence-corrected chi connectivity index (χ0v) is 19.0. The molecule has 1 fully saturated rings. The second-order valence-electron chi connectivity index (χ2n) is 8.87. The van der Waals surface area contributed by atoms with E-state index in [4.69, 9.17) is 4.74 Å². The third-order valence-electron chi connectivity index (χ3n) is 6.60. The van der Waals surface area contributed by atoms with Gasteiger partial charge in [-0.15, -0.1) is 0 Å². The van der Waals surface area contributed by atoms with E-state index in [0.717, 1.165) is 58.1 Å². The summed E-state index contributed by atoms with van der Waals surface area (Å²) >= 11 is 0. The fraction of sp³-hybridized carbons (Fsp3) is 0.500. The van der Waals surface area contributed by atoms with Crippen LogP contribution < -0.4 is 5.32 Å². The van der Waals surface area contributed by atoms with Gasteiger partial charge in [-0.3, -0.25) is 9.89 Å². The van der Waals surface area contributed by atoms with E-state index in [1.165, 1.54) is 16.7 Å². The first-order valence-electron chi connectivity index (χ1n) is 11.6. The van der Waals surface area contributed by atoms with E-state index in [0.29, 0.717) is 18.6 Å². The highest BCUT2D eigenvalue weighted by atomic mass is 16.5. The van der Waals surface area contributed by atoms with Crippen LogP contribution in [-0.2, 0) is 24.3 Å². The van der Waals surface area contributed by atoms with Crippen LogP contribution in [0.1, 0.15) is 30.0 Å². The average Bonchev–Trinajstić information content (AvgIpc) is 3.28. The number of hydrogen-bond acceptors (Lipinski definition) is 3. The van der Waals surface area contributed by atoms with Crippen molar-refractivity contribution >= 4 is 5.96 Å². The molecular weight excluding hydrogens is 384 g/mol. The van der Waals surface area contributed by atoms with Crippen LogP contribution in [0.15, 0.2) is 59.6 Å². The van der Waals surface area contributed by atoms with Gasteiger partial charge in [0.25, 0.3) is 0 Å². The maximum atomic E-state index is 5.98. The van der Waals surface area contributed by atoms with Crippen LogP contribution in [0, 0.1) is 5.92 Å². The molecule has 1 saturated heterocycles. The highest BCUT2D eigenvalue weighted by molar-refractivity contribution is 5.80. The third-order valence-corrected chi connectivity index (χ3v) is 6.60. The van der Waals surface area contributed by atoms with Crippen molar-refractivity contribution in [3.63, 3.8) is 0 Å². The molecule has 5 nitrogen and oxygen atoms in total. The number of hydrogen-bond donors (Lipinski definition) is 1. The van der Waals surface area contributed by atoms with Crippen LogP contribution in [0.3, 0.4) is 0 Å². The first-order chi connectivity index (χ1) is 15.2. The lowest BCUT2D eigenvalue weighted by Crippen LogP contribution is -2.48. The smallest absolute Gasteiger partial charge is 0.193 e. The minimum atomic E-state index is 0.470. The number of ether oxygens (including phenoxy) is 1. The molecule has 2 aliphatic heterocycles. The molecule has 4 rings (SSSR count). The summed E-state index contributed by atoms with van der Waals surface area (Å²) in [5.41, 5.74) is 4.22. The molecule has 2 unspecified atom stereocenters. The maximum absolute atomic E-state index is 5.98. The van der Waals surface area contributed by atoms with E-state index in [9.17, 15) is 0 Å². The van der Waals surface area contributed by atoms with E-state index in [1.807, 2.05) is 13.1 Å². The van der Waals surface area contributed by atoms with Crippen molar-refractivity contribution in [2.45, 2.75) is 39.0 Å². The van der Waals surface area contributed by atoms with E-state index in [2.05, 4.69) is 75.6 Å². The van der Waals surface area contributed by atoms with Gasteiger partial charge in [0.2, 0.25) is 0 Å². The molecule has 2 aromatic rings. The minimum absolute atomic E-state index is 0.470. The van der Waals surface area contributed by atoms with Gasteiger partial charge < -0.3 is 15.0 Å². The van der Waals surface area contributed by atoms with Crippen molar-refractivity contribution in [3.05, 3.63) is 71.3 Å². The number of aliphatic imine (C=N–C) groups is 1. The number of nitrogens with zero attached hydrogens (tertiary/aromatic N) is 3. The fourth-order valence-electron chi connectivity index (χ4n) is 4.67. The molecule has 0 spiro atoms. The van der Waals surface area contributed by atoms with Gasteiger partial charge in [-0.25, -0.2) is 0 Å². The Bertz CT molecular complexity index is 853. The van der Waals surface area contributed by atoms with Crippen molar-refractivity contribution in [2.24, 2.45) is 10.9 Å². The molecule has 0 aromatic heterocycles. The summed E-state index contributed by atoms with van der Waals surface area (Å²) in [6.45, 7) is 8.97. The predicted octanol–water partition coefficient (Wildman–Crippen LogP) is 3.55. The van der Waals surface area contributed by atoms with Crippen LogP contribution in [0.25, 0.3) is 0 Å². The third kappa shape index (κ3) is 5.86. The summed E-state index contributed by atoms with van der Waals surface area (Å²) < 4.78 is 5.98. The Morgan fingerprint density at radius 2 is 1.87 bits per heavy atom. The zero-order valence-electron chi connectivity index (χ0n) is 19.0. The SMILES string of the molecule is CN=C(NCC(C)N1CCc2ccccc2C1)N1CCC(COCc2ccccc2)C1. The molecule has 2 aliphatic rings. The first-order valence-corrected chi connectivity index (χ1v) is 11.6. The van der Waals surface area contributed by atoms with Crippen molar-refractivity contribution in [1.29, 1.82) is 0 Å². The van der Waals surface area contributed by atoms with Gasteiger partial charge in [0.15, 0.2) is 5.96 Å². The molecule has 166 valence electrons. The fourth-order valence-corrected chi connectivity index (χ4v) is 4.67. The molecular formula is C26H36N4O. The number of benzene rings is 2. The Morgan fingerprint density at radius 3 is 2.68 bits per heavy atom. The maximum Gasteiger partial charge on any atom is 0.193 e. The number of fused-ring (bicyclic) bond motifs is 1. The summed E-state index contributed by atoms with van der Waals surface area (Å²) in [5, 5.41) is 3.63. The molecule has 2 aromatic carbocycles. The first kappa shape index (κ1) is 21.8. The molecule has 31 heavy (non-hydrogen) atoms. The summed E-state index contributed by atoms with van der Waals surface area (Å²) in [5.74, 6) is 1.59. The Morgan fingerprint density at radius 1 is 1.10 bits per heavy atom. The lowest BCUT2D eigenvalue weighted by atomic mass is 9.99. The summed E-state index contributed by atoms with van der Waals surface area (Å²) in [6, 6.07) is 19.7. The predicted molar refractivity (Wildman–Crippen MR) is 127 cm³/mol. The van der Waals surface area contributed by atoms with Gasteiger partial charge in [0, 0.05) is 51.7 Å². The number of rotatable bonds is 7. The molecule has 2 atom stereocenters. The summed E-state index contributed by atoms with van der Waals surface area (Å²) in [7, 11) is 1.89. The molecule has 0 bridgehead atoms. The normalized spacial score (nSPS) is 20.5. The zero-order chi connectivity index (χ0) is 21.5. The molecule has 0 amide bonds. The Hall–Kier alpha value is -2.37. The molecule has 5 heteroatoms. The average molecular weight is 421 g/mol. The lowest BCUT2D eigenvalue weighted by Gasteiger charge is -2.34. The highest BCUT2D eigenvalue weighted by Gasteiger charge is 2.26. The standard InChI is InChI=1S/C26H36N4O/c1-21(29-15-13-24-10-6-7-11-25(24)18-29)16-28-26(27-2)30-14-12-23(17-30)20-31-19-22-8-4-3-5-9-22/h3-11,21,23H,12-20H2,1-2H3,(H,27,28). The van der Waals surface area contributed by atoms with Gasteiger partial charge in [0.1, 0.15) is 0 Å². The Balaban J connectivity index is 1.20. The topological polar surface area (TPSA) is 40.1 Å². The largest absolute Gasteiger partial charge is 0.376 e. The van der Waals surface area contributed by atoms with Crippen LogP contribution >= 0.6 is 0 Å². The quantitative estimate of drug-likeness (QED) is 0.549. The molecule has 1 N–H and O–H groups in total. The second-order valence-corrected chi connectivity index (χ2v) is 8.87. The monoisotopic (exact) mass is 420 g/mol. The van der Waals surface area contributed by atoms with Gasteiger partial charge >= 0.3 is 0 Å². The number of guanidine groups is 1. The van der Waals surface area contributed by atoms with E-state index in [1.54, 1.807) is 0 Å². The van der Waals surface area contributed by atoms with Gasteiger partial charge in [-0.2, -0.15) is 0 Å². The van der Waals surface area contributed by atoms with Gasteiger partial charge in [-0.05, 0) is 36.5 Å². The Kier molecular flexibility index (Phi) is 7.60. The van der Waals surface area contributed by atoms with Crippen LogP contribution in [-0.4, -0.2) is 61.6 Å². The van der Waals surface area contributed by atoms with Crippen molar-refractivity contribution < 1.29 is 4.74 Å². The van der Waals surface area contributed by atoms with Crippen LogP contribution in [0.2, 0.25) is 0 Å². The minimum Gasteiger partial charge on any atom is -0.376 e.